The predicted molar refractivity (Wildman–Crippen MR) is 135 cm³/mol. The minimum atomic E-state index is 0.287. The van der Waals surface area contributed by atoms with Gasteiger partial charge in [-0.25, -0.2) is 0 Å². The summed E-state index contributed by atoms with van der Waals surface area (Å²) in [6, 6.07) is 0. The van der Waals surface area contributed by atoms with Gasteiger partial charge in [-0.2, -0.15) is 0 Å². The number of hydrogen-bond donors (Lipinski definition) is 3. The van der Waals surface area contributed by atoms with Crippen LogP contribution in [0, 0.1) is 11.8 Å². The summed E-state index contributed by atoms with van der Waals surface area (Å²) >= 11 is 0. The molecule has 31 heavy (non-hydrogen) atoms. The van der Waals surface area contributed by atoms with Crippen molar-refractivity contribution in [3.8, 4) is 0 Å². The molecule has 0 aromatic rings. The minimum Gasteiger partial charge on any atom is -0.329 e. The van der Waals surface area contributed by atoms with Gasteiger partial charge in [-0.15, -0.1) is 0 Å². The number of piperazine rings is 2. The first kappa shape index (κ1) is 30.1. The molecule has 0 saturated carbocycles. The maximum atomic E-state index is 10.3. The largest absolute Gasteiger partial charge is 0.329 e. The molecule has 0 spiro atoms. The van der Waals surface area contributed by atoms with Crippen molar-refractivity contribution in [1.82, 2.24) is 20.4 Å². The highest BCUT2D eigenvalue weighted by Crippen LogP contribution is 2.01. The molecule has 0 aliphatic carbocycles. The number of carbonyl (C=O) groups excluding carboxylic acids is 1. The molecule has 184 valence electrons. The summed E-state index contributed by atoms with van der Waals surface area (Å²) in [5.41, 5.74) is 6.70. The van der Waals surface area contributed by atoms with E-state index in [2.05, 4.69) is 46.2 Å². The third-order valence-electron chi connectivity index (χ3n) is 5.06. The number of nitrogens with zero attached hydrogens (tertiary/aromatic N) is 3. The number of aliphatic imine (C=N–C) groups is 1. The Morgan fingerprint density at radius 2 is 1.29 bits per heavy atom. The summed E-state index contributed by atoms with van der Waals surface area (Å²) < 4.78 is 0. The standard InChI is InChI=1S/C12H25N3.C6H15N3.C6H12O/c1-11(2)10-12(3)14-6-9-15-7-4-13-5-8-15;7-1-4-9-5-2-8-3-6-9;1-5(2)4-6(3)7/h11,13H,4-10H2,1-3H3;8H,1-7H2;5H,4H2,1-3H3. The number of nitrogens with two attached hydrogens (primary N) is 1. The average Bonchev–Trinajstić information content (AvgIpc) is 2.69. The van der Waals surface area contributed by atoms with Crippen molar-refractivity contribution in [3.63, 3.8) is 0 Å². The zero-order valence-electron chi connectivity index (χ0n) is 21.4. The number of nitrogens with one attached hydrogen (secondary N) is 2. The summed E-state index contributed by atoms with van der Waals surface area (Å²) in [4.78, 5) is 19.7. The molecule has 2 fully saturated rings. The van der Waals surface area contributed by atoms with Gasteiger partial charge >= 0.3 is 0 Å². The number of Topliss-reactive ketones (excluding diaryl/α,β-unsaturated/α-hetero) is 1. The molecule has 0 aromatic heterocycles. The third-order valence-corrected chi connectivity index (χ3v) is 5.06. The van der Waals surface area contributed by atoms with Crippen molar-refractivity contribution in [2.75, 3.05) is 78.5 Å². The van der Waals surface area contributed by atoms with Crippen LogP contribution >= 0.6 is 0 Å². The zero-order chi connectivity index (χ0) is 23.5. The molecule has 0 amide bonds. The molecular weight excluding hydrogens is 388 g/mol. The summed E-state index contributed by atoms with van der Waals surface area (Å²) in [7, 11) is 0. The van der Waals surface area contributed by atoms with Crippen molar-refractivity contribution < 1.29 is 4.79 Å². The fourth-order valence-corrected chi connectivity index (χ4v) is 3.66. The molecule has 0 atom stereocenters. The molecule has 2 heterocycles. The molecule has 0 aromatic carbocycles. The predicted octanol–water partition coefficient (Wildman–Crippen LogP) is 1.87. The van der Waals surface area contributed by atoms with Gasteiger partial charge in [0.25, 0.3) is 0 Å². The smallest absolute Gasteiger partial charge is 0.130 e. The molecule has 7 nitrogen and oxygen atoms in total. The summed E-state index contributed by atoms with van der Waals surface area (Å²) in [6.45, 7) is 25.5. The molecule has 4 N–H and O–H groups in total. The van der Waals surface area contributed by atoms with E-state index >= 15 is 0 Å². The second-order valence-corrected chi connectivity index (χ2v) is 9.49. The SMILES string of the molecule is CC(=O)CC(C)C.CC(CC(C)C)=NCCN1CCNCC1.NCCN1CCNCC1. The molecule has 2 aliphatic heterocycles. The van der Waals surface area contributed by atoms with Gasteiger partial charge in [0.05, 0.1) is 6.54 Å². The Balaban J connectivity index is 0.000000479. The van der Waals surface area contributed by atoms with Crippen LogP contribution < -0.4 is 16.4 Å². The van der Waals surface area contributed by atoms with Crippen LogP contribution in [0.15, 0.2) is 4.99 Å². The van der Waals surface area contributed by atoms with Gasteiger partial charge in [-0.05, 0) is 32.1 Å². The molecule has 7 heteroatoms. The molecule has 0 radical (unpaired) electrons. The van der Waals surface area contributed by atoms with Crippen molar-refractivity contribution in [2.24, 2.45) is 22.6 Å². The minimum absolute atomic E-state index is 0.287. The number of rotatable bonds is 9. The van der Waals surface area contributed by atoms with E-state index in [4.69, 9.17) is 5.73 Å². The van der Waals surface area contributed by atoms with Gasteiger partial charge in [-0.3, -0.25) is 14.8 Å². The monoisotopic (exact) mass is 440 g/mol. The van der Waals surface area contributed by atoms with E-state index in [9.17, 15) is 4.79 Å². The lowest BCUT2D eigenvalue weighted by atomic mass is 10.1. The lowest BCUT2D eigenvalue weighted by Gasteiger charge is -2.26. The highest BCUT2D eigenvalue weighted by molar-refractivity contribution is 5.82. The van der Waals surface area contributed by atoms with Crippen LogP contribution in [0.4, 0.5) is 0 Å². The number of ketones is 1. The fraction of sp³-hybridized carbons (Fsp3) is 0.917. The quantitative estimate of drug-likeness (QED) is 0.475. The number of hydrogen-bond acceptors (Lipinski definition) is 7. The van der Waals surface area contributed by atoms with Gasteiger partial charge < -0.3 is 21.2 Å². The molecule has 2 saturated heterocycles. The Hall–Kier alpha value is -0.860. The zero-order valence-corrected chi connectivity index (χ0v) is 21.4. The Labute approximate surface area is 192 Å². The maximum absolute atomic E-state index is 10.3. The summed E-state index contributed by atoms with van der Waals surface area (Å²) in [5, 5.41) is 6.65. The van der Waals surface area contributed by atoms with E-state index in [1.165, 1.54) is 18.8 Å². The maximum Gasteiger partial charge on any atom is 0.130 e. The molecule has 2 aliphatic rings. The highest BCUT2D eigenvalue weighted by atomic mass is 16.1. The normalized spacial score (nSPS) is 18.3. The van der Waals surface area contributed by atoms with E-state index in [1.54, 1.807) is 6.92 Å². The molecule has 2 rings (SSSR count). The Kier molecular flexibility index (Phi) is 19.2. The topological polar surface area (TPSA) is 86.0 Å². The molecule has 0 bridgehead atoms. The van der Waals surface area contributed by atoms with Gasteiger partial charge in [0.15, 0.2) is 0 Å². The van der Waals surface area contributed by atoms with Crippen LogP contribution in [0.5, 0.6) is 0 Å². The first-order valence-electron chi connectivity index (χ1n) is 12.3. The number of carbonyl (C=O) groups is 1. The molecule has 0 unspecified atom stereocenters. The van der Waals surface area contributed by atoms with Crippen molar-refractivity contribution in [2.45, 2.75) is 54.4 Å². The van der Waals surface area contributed by atoms with E-state index in [0.717, 1.165) is 84.2 Å². The van der Waals surface area contributed by atoms with Crippen molar-refractivity contribution in [3.05, 3.63) is 0 Å². The van der Waals surface area contributed by atoms with Gasteiger partial charge in [0, 0.05) is 84.1 Å². The summed E-state index contributed by atoms with van der Waals surface area (Å²) in [6.07, 6.45) is 1.86. The van der Waals surface area contributed by atoms with Crippen LogP contribution in [-0.2, 0) is 4.79 Å². The fourth-order valence-electron chi connectivity index (χ4n) is 3.66. The lowest BCUT2D eigenvalue weighted by Crippen LogP contribution is -2.45. The van der Waals surface area contributed by atoms with Gasteiger partial charge in [0.2, 0.25) is 0 Å². The van der Waals surface area contributed by atoms with Crippen molar-refractivity contribution >= 4 is 11.5 Å². The summed E-state index contributed by atoms with van der Waals surface area (Å²) in [5.74, 6) is 1.54. The van der Waals surface area contributed by atoms with E-state index in [0.29, 0.717) is 5.92 Å². The van der Waals surface area contributed by atoms with E-state index in [1.807, 2.05) is 13.8 Å². The Bertz CT molecular complexity index is 452. The third kappa shape index (κ3) is 20.8. The second kappa shape index (κ2) is 19.8. The Morgan fingerprint density at radius 3 is 1.65 bits per heavy atom. The Morgan fingerprint density at radius 1 is 0.839 bits per heavy atom. The molecular formula is C24H52N6O. The second-order valence-electron chi connectivity index (χ2n) is 9.49. The average molecular weight is 441 g/mol. The first-order chi connectivity index (χ1) is 14.7. The van der Waals surface area contributed by atoms with Gasteiger partial charge in [0.1, 0.15) is 5.78 Å². The lowest BCUT2D eigenvalue weighted by molar-refractivity contribution is -0.117. The van der Waals surface area contributed by atoms with Crippen LogP contribution in [0.2, 0.25) is 0 Å². The van der Waals surface area contributed by atoms with Crippen LogP contribution in [0.1, 0.15) is 54.4 Å². The van der Waals surface area contributed by atoms with E-state index < -0.39 is 0 Å². The van der Waals surface area contributed by atoms with Gasteiger partial charge in [-0.1, -0.05) is 27.7 Å². The first-order valence-corrected chi connectivity index (χ1v) is 12.3. The highest BCUT2D eigenvalue weighted by Gasteiger charge is 2.08. The van der Waals surface area contributed by atoms with Crippen LogP contribution in [0.3, 0.4) is 0 Å². The van der Waals surface area contributed by atoms with Crippen LogP contribution in [0.25, 0.3) is 0 Å². The van der Waals surface area contributed by atoms with E-state index in [-0.39, 0.29) is 5.78 Å². The van der Waals surface area contributed by atoms with Crippen molar-refractivity contribution in [1.29, 1.82) is 0 Å². The van der Waals surface area contributed by atoms with Crippen LogP contribution in [-0.4, -0.2) is 99.8 Å².